The van der Waals surface area contributed by atoms with Gasteiger partial charge in [-0.2, -0.15) is 5.10 Å². The van der Waals surface area contributed by atoms with Crippen LogP contribution in [0.4, 0.5) is 4.39 Å². The van der Waals surface area contributed by atoms with Gasteiger partial charge in [0, 0.05) is 42.8 Å². The molecule has 0 spiro atoms. The van der Waals surface area contributed by atoms with Crippen LogP contribution in [-0.2, 0) is 26.2 Å². The van der Waals surface area contributed by atoms with Crippen molar-refractivity contribution in [2.75, 3.05) is 6.54 Å². The van der Waals surface area contributed by atoms with Gasteiger partial charge in [-0.3, -0.25) is 9.58 Å². The molecule has 1 aliphatic heterocycles. The number of halogens is 1. The summed E-state index contributed by atoms with van der Waals surface area (Å²) in [4.78, 5) is 5.80. The van der Waals surface area contributed by atoms with Gasteiger partial charge in [0.25, 0.3) is 0 Å². The van der Waals surface area contributed by atoms with Crippen LogP contribution in [-0.4, -0.2) is 31.3 Å². The first-order valence-corrected chi connectivity index (χ1v) is 8.29. The summed E-state index contributed by atoms with van der Waals surface area (Å²) >= 11 is 0. The predicted octanol–water partition coefficient (Wildman–Crippen LogP) is 2.71. The van der Waals surface area contributed by atoms with Crippen LogP contribution in [0.25, 0.3) is 10.9 Å². The minimum absolute atomic E-state index is 0.0211. The van der Waals surface area contributed by atoms with Crippen LogP contribution in [0.5, 0.6) is 0 Å². The van der Waals surface area contributed by atoms with Crippen molar-refractivity contribution >= 4 is 10.9 Å². The Morgan fingerprint density at radius 1 is 1.29 bits per heavy atom. The number of aliphatic hydroxyl groups is 1. The molecule has 0 bridgehead atoms. The highest BCUT2D eigenvalue weighted by molar-refractivity contribution is 5.84. The van der Waals surface area contributed by atoms with Crippen molar-refractivity contribution in [1.29, 1.82) is 0 Å². The predicted molar refractivity (Wildman–Crippen MR) is 89.9 cm³/mol. The normalized spacial score (nSPS) is 15.6. The van der Waals surface area contributed by atoms with E-state index in [2.05, 4.69) is 15.0 Å². The Kier molecular flexibility index (Phi) is 3.86. The van der Waals surface area contributed by atoms with Crippen molar-refractivity contribution in [3.8, 4) is 0 Å². The average Bonchev–Trinajstić information content (AvgIpc) is 3.03. The highest BCUT2D eigenvalue weighted by atomic mass is 19.1. The van der Waals surface area contributed by atoms with E-state index >= 15 is 0 Å². The summed E-state index contributed by atoms with van der Waals surface area (Å²) in [5.41, 5.74) is 5.08. The van der Waals surface area contributed by atoms with E-state index in [4.69, 9.17) is 0 Å². The number of aliphatic hydroxyl groups excluding tert-OH is 1. The number of fused-ring (bicyclic) bond motifs is 2. The van der Waals surface area contributed by atoms with Crippen LogP contribution >= 0.6 is 0 Å². The quantitative estimate of drug-likeness (QED) is 0.777. The fraction of sp³-hybridized carbons (Fsp3) is 0.389. The monoisotopic (exact) mass is 328 g/mol. The molecule has 0 atom stereocenters. The first-order chi connectivity index (χ1) is 11.6. The Hall–Kier alpha value is -2.18. The molecule has 4 rings (SSSR count). The highest BCUT2D eigenvalue weighted by Crippen LogP contribution is 2.25. The number of nitrogens with one attached hydrogen (secondary N) is 1. The van der Waals surface area contributed by atoms with E-state index in [-0.39, 0.29) is 12.4 Å². The second-order valence-corrected chi connectivity index (χ2v) is 6.49. The summed E-state index contributed by atoms with van der Waals surface area (Å²) in [7, 11) is 0. The van der Waals surface area contributed by atoms with Gasteiger partial charge in [0.1, 0.15) is 5.82 Å². The van der Waals surface area contributed by atoms with Crippen molar-refractivity contribution in [1.82, 2.24) is 19.7 Å². The number of hydrogen-bond acceptors (Lipinski definition) is 3. The zero-order chi connectivity index (χ0) is 16.7. The summed E-state index contributed by atoms with van der Waals surface area (Å²) in [5, 5.41) is 14.6. The lowest BCUT2D eigenvalue weighted by Gasteiger charge is -2.19. The van der Waals surface area contributed by atoms with Gasteiger partial charge in [-0.15, -0.1) is 0 Å². The van der Waals surface area contributed by atoms with Gasteiger partial charge >= 0.3 is 0 Å². The van der Waals surface area contributed by atoms with Crippen LogP contribution in [0.2, 0.25) is 0 Å². The number of hydrogen-bond donors (Lipinski definition) is 2. The van der Waals surface area contributed by atoms with E-state index in [0.29, 0.717) is 0 Å². The Labute approximate surface area is 139 Å². The summed E-state index contributed by atoms with van der Waals surface area (Å²) < 4.78 is 15.5. The molecule has 24 heavy (non-hydrogen) atoms. The van der Waals surface area contributed by atoms with Crippen molar-refractivity contribution in [3.63, 3.8) is 0 Å². The largest absolute Gasteiger partial charge is 0.390 e. The van der Waals surface area contributed by atoms with Gasteiger partial charge in [-0.25, -0.2) is 4.39 Å². The van der Waals surface area contributed by atoms with Gasteiger partial charge in [0.15, 0.2) is 0 Å². The van der Waals surface area contributed by atoms with Gasteiger partial charge in [-0.1, -0.05) is 0 Å². The SMILES string of the molecule is Cc1c(CN2CCCn3nc(CO)cc3C2)[nH]c2ccc(F)cc12. The fourth-order valence-corrected chi connectivity index (χ4v) is 3.54. The number of H-pyrrole nitrogens is 1. The lowest BCUT2D eigenvalue weighted by atomic mass is 10.1. The summed E-state index contributed by atoms with van der Waals surface area (Å²) in [6.45, 7) is 5.48. The first kappa shape index (κ1) is 15.4. The van der Waals surface area contributed by atoms with E-state index in [1.54, 1.807) is 12.1 Å². The molecule has 1 aliphatic rings. The molecule has 2 aromatic heterocycles. The molecule has 0 unspecified atom stereocenters. The minimum Gasteiger partial charge on any atom is -0.390 e. The summed E-state index contributed by atoms with van der Waals surface area (Å²) in [5.74, 6) is -0.202. The maximum atomic E-state index is 13.5. The highest BCUT2D eigenvalue weighted by Gasteiger charge is 2.18. The van der Waals surface area contributed by atoms with Gasteiger partial charge in [0.2, 0.25) is 0 Å². The molecule has 0 aliphatic carbocycles. The van der Waals surface area contributed by atoms with Crippen LogP contribution in [0.15, 0.2) is 24.3 Å². The molecule has 3 aromatic rings. The molecule has 0 radical (unpaired) electrons. The number of aromatic amines is 1. The van der Waals surface area contributed by atoms with Crippen molar-refractivity contribution < 1.29 is 9.50 Å². The Balaban J connectivity index is 1.59. The van der Waals surface area contributed by atoms with Crippen LogP contribution < -0.4 is 0 Å². The molecule has 0 saturated carbocycles. The zero-order valence-electron chi connectivity index (χ0n) is 13.7. The number of aryl methyl sites for hydroxylation is 2. The third-order valence-corrected chi connectivity index (χ3v) is 4.81. The van der Waals surface area contributed by atoms with Crippen molar-refractivity contribution in [3.05, 3.63) is 52.7 Å². The maximum Gasteiger partial charge on any atom is 0.123 e. The smallest absolute Gasteiger partial charge is 0.123 e. The lowest BCUT2D eigenvalue weighted by Crippen LogP contribution is -2.23. The van der Waals surface area contributed by atoms with E-state index < -0.39 is 0 Å². The second kappa shape index (κ2) is 6.03. The second-order valence-electron chi connectivity index (χ2n) is 6.49. The van der Waals surface area contributed by atoms with Crippen LogP contribution in [0.3, 0.4) is 0 Å². The number of aromatic nitrogens is 3. The van der Waals surface area contributed by atoms with E-state index in [1.807, 2.05) is 17.7 Å². The van der Waals surface area contributed by atoms with Gasteiger partial charge < -0.3 is 10.1 Å². The third kappa shape index (κ3) is 2.72. The zero-order valence-corrected chi connectivity index (χ0v) is 13.7. The molecular formula is C18H21FN4O. The molecule has 6 heteroatoms. The molecule has 0 amide bonds. The summed E-state index contributed by atoms with van der Waals surface area (Å²) in [6, 6.07) is 6.86. The molecule has 3 heterocycles. The molecule has 5 nitrogen and oxygen atoms in total. The van der Waals surface area contributed by atoms with Crippen LogP contribution in [0, 0.1) is 12.7 Å². The van der Waals surface area contributed by atoms with Crippen molar-refractivity contribution in [2.45, 2.75) is 39.6 Å². The molecule has 126 valence electrons. The van der Waals surface area contributed by atoms with Crippen molar-refractivity contribution in [2.24, 2.45) is 0 Å². The minimum atomic E-state index is -0.202. The third-order valence-electron chi connectivity index (χ3n) is 4.81. The topological polar surface area (TPSA) is 57.1 Å². The average molecular weight is 328 g/mol. The Morgan fingerprint density at radius 3 is 3.00 bits per heavy atom. The molecular weight excluding hydrogens is 307 g/mol. The molecule has 0 saturated heterocycles. The fourth-order valence-electron chi connectivity index (χ4n) is 3.54. The van der Waals surface area contributed by atoms with Crippen LogP contribution in [0.1, 0.15) is 29.1 Å². The van der Waals surface area contributed by atoms with Gasteiger partial charge in [0.05, 0.1) is 18.0 Å². The molecule has 2 N–H and O–H groups in total. The molecule has 1 aromatic carbocycles. The van der Waals surface area contributed by atoms with E-state index in [1.165, 1.54) is 6.07 Å². The number of rotatable bonds is 3. The number of nitrogens with zero attached hydrogens (tertiary/aromatic N) is 3. The summed E-state index contributed by atoms with van der Waals surface area (Å²) in [6.07, 6.45) is 1.02. The Morgan fingerprint density at radius 2 is 2.17 bits per heavy atom. The molecule has 0 fully saturated rings. The first-order valence-electron chi connectivity index (χ1n) is 8.29. The van der Waals surface area contributed by atoms with E-state index in [0.717, 1.165) is 66.1 Å². The number of benzene rings is 1. The standard InChI is InChI=1S/C18H21FN4O/c1-12-16-7-13(19)3-4-17(16)20-18(12)10-22-5-2-6-23-15(9-22)8-14(11-24)21-23/h3-4,7-8,20,24H,2,5-6,9-11H2,1H3. The van der Waals surface area contributed by atoms with E-state index in [9.17, 15) is 9.50 Å². The Bertz CT molecular complexity index is 883. The lowest BCUT2D eigenvalue weighted by molar-refractivity contribution is 0.257. The van der Waals surface area contributed by atoms with Gasteiger partial charge in [-0.05, 0) is 43.2 Å². The maximum absolute atomic E-state index is 13.5.